The zero-order chi connectivity index (χ0) is 14.5. The first-order valence-corrected chi connectivity index (χ1v) is 5.14. The molecule has 0 bridgehead atoms. The number of carbonyl (C=O) groups excluding carboxylic acids is 2. The molecule has 0 heterocycles. The van der Waals surface area contributed by atoms with Crippen LogP contribution in [0, 0.1) is 0 Å². The Morgan fingerprint density at radius 2 is 2.00 bits per heavy atom. The van der Waals surface area contributed by atoms with E-state index >= 15 is 0 Å². The standard InChI is InChI=1S/C11H11F3N2O3/c12-11(13,14)7-2-1-3-8(4-7)19-6-10(18)16-5-9(15)17/h1-4H,5-6H2,(H2,15,17)(H,16,18). The van der Waals surface area contributed by atoms with E-state index in [0.717, 1.165) is 12.1 Å². The summed E-state index contributed by atoms with van der Waals surface area (Å²) in [7, 11) is 0. The first-order chi connectivity index (χ1) is 8.79. The van der Waals surface area contributed by atoms with E-state index in [4.69, 9.17) is 10.5 Å². The fraction of sp³-hybridized carbons (Fsp3) is 0.273. The Balaban J connectivity index is 2.54. The number of halogens is 3. The van der Waals surface area contributed by atoms with Gasteiger partial charge in [-0.3, -0.25) is 9.59 Å². The van der Waals surface area contributed by atoms with Gasteiger partial charge in [-0.05, 0) is 18.2 Å². The van der Waals surface area contributed by atoms with Crippen LogP contribution < -0.4 is 15.8 Å². The van der Waals surface area contributed by atoms with Crippen molar-refractivity contribution in [1.29, 1.82) is 0 Å². The molecule has 1 aromatic rings. The highest BCUT2D eigenvalue weighted by atomic mass is 19.4. The molecule has 1 aromatic carbocycles. The van der Waals surface area contributed by atoms with Crippen molar-refractivity contribution in [2.45, 2.75) is 6.18 Å². The number of amides is 2. The molecule has 0 aliphatic heterocycles. The summed E-state index contributed by atoms with van der Waals surface area (Å²) in [6.07, 6.45) is -4.48. The van der Waals surface area contributed by atoms with Crippen molar-refractivity contribution in [2.24, 2.45) is 5.73 Å². The van der Waals surface area contributed by atoms with Crippen LogP contribution in [0.5, 0.6) is 5.75 Å². The molecule has 0 aliphatic carbocycles. The van der Waals surface area contributed by atoms with Gasteiger partial charge in [-0.15, -0.1) is 0 Å². The average molecular weight is 276 g/mol. The van der Waals surface area contributed by atoms with Crippen LogP contribution in [0.15, 0.2) is 24.3 Å². The fourth-order valence-corrected chi connectivity index (χ4v) is 1.15. The van der Waals surface area contributed by atoms with Crippen LogP contribution in [-0.2, 0) is 15.8 Å². The molecule has 0 saturated carbocycles. The molecule has 0 atom stereocenters. The van der Waals surface area contributed by atoms with E-state index in [9.17, 15) is 22.8 Å². The van der Waals surface area contributed by atoms with E-state index in [2.05, 4.69) is 5.32 Å². The van der Waals surface area contributed by atoms with Gasteiger partial charge < -0.3 is 15.8 Å². The second-order valence-electron chi connectivity index (χ2n) is 3.56. The molecule has 0 spiro atoms. The molecule has 19 heavy (non-hydrogen) atoms. The summed E-state index contributed by atoms with van der Waals surface area (Å²) in [5.74, 6) is -1.48. The molecule has 2 amide bonds. The topological polar surface area (TPSA) is 81.4 Å². The Morgan fingerprint density at radius 1 is 1.32 bits per heavy atom. The molecule has 104 valence electrons. The van der Waals surface area contributed by atoms with E-state index in [-0.39, 0.29) is 12.3 Å². The zero-order valence-corrected chi connectivity index (χ0v) is 9.66. The highest BCUT2D eigenvalue weighted by Crippen LogP contribution is 2.31. The number of hydrogen-bond donors (Lipinski definition) is 2. The Labute approximate surface area is 106 Å². The number of alkyl halides is 3. The molecular formula is C11H11F3N2O3. The molecule has 8 heteroatoms. The van der Waals surface area contributed by atoms with Crippen LogP contribution in [0.3, 0.4) is 0 Å². The van der Waals surface area contributed by atoms with Gasteiger partial charge in [0.1, 0.15) is 5.75 Å². The molecule has 0 saturated heterocycles. The van der Waals surface area contributed by atoms with E-state index in [0.29, 0.717) is 0 Å². The van der Waals surface area contributed by atoms with Crippen molar-refractivity contribution in [1.82, 2.24) is 5.32 Å². The molecule has 5 nitrogen and oxygen atoms in total. The fourth-order valence-electron chi connectivity index (χ4n) is 1.15. The second-order valence-corrected chi connectivity index (χ2v) is 3.56. The molecule has 0 aliphatic rings. The highest BCUT2D eigenvalue weighted by molar-refractivity contribution is 5.84. The second kappa shape index (κ2) is 6.07. The lowest BCUT2D eigenvalue weighted by Crippen LogP contribution is -2.36. The van der Waals surface area contributed by atoms with Crippen molar-refractivity contribution in [3.8, 4) is 5.75 Å². The largest absolute Gasteiger partial charge is 0.484 e. The van der Waals surface area contributed by atoms with Gasteiger partial charge in [0.2, 0.25) is 5.91 Å². The summed E-state index contributed by atoms with van der Waals surface area (Å²) in [5.41, 5.74) is 3.92. The Bertz CT molecular complexity index is 474. The normalized spacial score (nSPS) is 10.9. The number of carbonyl (C=O) groups is 2. The van der Waals surface area contributed by atoms with Gasteiger partial charge >= 0.3 is 6.18 Å². The lowest BCUT2D eigenvalue weighted by Gasteiger charge is -2.10. The predicted octanol–water partition coefficient (Wildman–Crippen LogP) is 0.686. The number of nitrogens with two attached hydrogens (primary N) is 1. The maximum Gasteiger partial charge on any atom is 0.416 e. The quantitative estimate of drug-likeness (QED) is 0.830. The minimum atomic E-state index is -4.48. The highest BCUT2D eigenvalue weighted by Gasteiger charge is 2.30. The van der Waals surface area contributed by atoms with Crippen molar-refractivity contribution in [3.63, 3.8) is 0 Å². The molecule has 0 aromatic heterocycles. The van der Waals surface area contributed by atoms with Gasteiger partial charge in [0.25, 0.3) is 5.91 Å². The smallest absolute Gasteiger partial charge is 0.416 e. The van der Waals surface area contributed by atoms with Crippen LogP contribution in [0.1, 0.15) is 5.56 Å². The van der Waals surface area contributed by atoms with Crippen LogP contribution in [0.4, 0.5) is 13.2 Å². The lowest BCUT2D eigenvalue weighted by atomic mass is 10.2. The Kier molecular flexibility index (Phi) is 4.74. The van der Waals surface area contributed by atoms with Gasteiger partial charge in [-0.1, -0.05) is 6.07 Å². The number of rotatable bonds is 5. The summed E-state index contributed by atoms with van der Waals surface area (Å²) >= 11 is 0. The van der Waals surface area contributed by atoms with Gasteiger partial charge in [-0.25, -0.2) is 0 Å². The minimum absolute atomic E-state index is 0.0935. The molecule has 0 radical (unpaired) electrons. The summed E-state index contributed by atoms with van der Waals surface area (Å²) in [5, 5.41) is 2.14. The average Bonchev–Trinajstić information content (AvgIpc) is 2.33. The first kappa shape index (κ1) is 14.8. The number of hydrogen-bond acceptors (Lipinski definition) is 3. The van der Waals surface area contributed by atoms with Crippen molar-refractivity contribution >= 4 is 11.8 Å². The van der Waals surface area contributed by atoms with Gasteiger partial charge in [0.05, 0.1) is 12.1 Å². The number of benzene rings is 1. The summed E-state index contributed by atoms with van der Waals surface area (Å²) in [4.78, 5) is 21.5. The molecule has 3 N–H and O–H groups in total. The minimum Gasteiger partial charge on any atom is -0.484 e. The van der Waals surface area contributed by atoms with Crippen molar-refractivity contribution in [2.75, 3.05) is 13.2 Å². The van der Waals surface area contributed by atoms with Crippen molar-refractivity contribution < 1.29 is 27.5 Å². The van der Waals surface area contributed by atoms with Gasteiger partial charge in [0, 0.05) is 0 Å². The van der Waals surface area contributed by atoms with Crippen LogP contribution >= 0.6 is 0 Å². The van der Waals surface area contributed by atoms with Crippen molar-refractivity contribution in [3.05, 3.63) is 29.8 Å². The maximum absolute atomic E-state index is 12.4. The third-order valence-electron chi connectivity index (χ3n) is 1.99. The maximum atomic E-state index is 12.4. The van der Waals surface area contributed by atoms with Gasteiger partial charge in [-0.2, -0.15) is 13.2 Å². The van der Waals surface area contributed by atoms with E-state index in [1.165, 1.54) is 12.1 Å². The van der Waals surface area contributed by atoms with Gasteiger partial charge in [0.15, 0.2) is 6.61 Å². The Hall–Kier alpha value is -2.25. The van der Waals surface area contributed by atoms with Crippen LogP contribution in [-0.4, -0.2) is 25.0 Å². The number of ether oxygens (including phenoxy) is 1. The predicted molar refractivity (Wildman–Crippen MR) is 59.1 cm³/mol. The summed E-state index contributed by atoms with van der Waals surface area (Å²) in [6.45, 7) is -0.862. The number of primary amides is 1. The van der Waals surface area contributed by atoms with E-state index < -0.39 is 30.2 Å². The van der Waals surface area contributed by atoms with E-state index in [1.54, 1.807) is 0 Å². The molecule has 1 rings (SSSR count). The zero-order valence-electron chi connectivity index (χ0n) is 9.66. The number of nitrogens with one attached hydrogen (secondary N) is 1. The first-order valence-electron chi connectivity index (χ1n) is 5.14. The summed E-state index contributed by atoms with van der Waals surface area (Å²) in [6, 6.07) is 4.12. The van der Waals surface area contributed by atoms with Crippen LogP contribution in [0.25, 0.3) is 0 Å². The third-order valence-corrected chi connectivity index (χ3v) is 1.99. The van der Waals surface area contributed by atoms with E-state index in [1.807, 2.05) is 0 Å². The third kappa shape index (κ3) is 5.28. The SMILES string of the molecule is NC(=O)CNC(=O)COc1cccc(C(F)(F)F)c1. The molecular weight excluding hydrogens is 265 g/mol. The summed E-state index contributed by atoms with van der Waals surface area (Å²) < 4.78 is 42.0. The molecule has 0 fully saturated rings. The Morgan fingerprint density at radius 3 is 2.58 bits per heavy atom. The molecule has 0 unspecified atom stereocenters. The monoisotopic (exact) mass is 276 g/mol. The van der Waals surface area contributed by atoms with Crippen LogP contribution in [0.2, 0.25) is 0 Å². The lowest BCUT2D eigenvalue weighted by molar-refractivity contribution is -0.137.